The Morgan fingerprint density at radius 2 is 2.11 bits per heavy atom. The molecule has 7 heteroatoms. The molecule has 1 aromatic carbocycles. The maximum Gasteiger partial charge on any atom is 0.191 e. The lowest BCUT2D eigenvalue weighted by molar-refractivity contribution is -0.106. The zero-order valence-electron chi connectivity index (χ0n) is 16.8. The fraction of sp³-hybridized carbons (Fsp3) is 0.524. The molecule has 2 heterocycles. The summed E-state index contributed by atoms with van der Waals surface area (Å²) in [6, 6.07) is 10.9. The predicted molar refractivity (Wildman–Crippen MR) is 123 cm³/mol. The van der Waals surface area contributed by atoms with E-state index in [0.717, 1.165) is 37.6 Å². The van der Waals surface area contributed by atoms with Gasteiger partial charge in [-0.05, 0) is 36.6 Å². The Hall–Kier alpha value is -1.61. The van der Waals surface area contributed by atoms with E-state index in [4.69, 9.17) is 4.74 Å². The van der Waals surface area contributed by atoms with Crippen molar-refractivity contribution in [1.82, 2.24) is 20.4 Å². The molecule has 1 aliphatic carbocycles. The smallest absolute Gasteiger partial charge is 0.191 e. The molecule has 3 atom stereocenters. The number of guanidine groups is 1. The summed E-state index contributed by atoms with van der Waals surface area (Å²) in [5.41, 5.74) is 2.53. The molecule has 0 radical (unpaired) electrons. The third kappa shape index (κ3) is 4.05. The summed E-state index contributed by atoms with van der Waals surface area (Å²) in [6.07, 6.45) is 6.23. The number of halogens is 1. The number of hydrogen-bond donors (Lipinski definition) is 2. The SMILES string of the molecule is CN=C(NCCc1ccc(-n2cccn2)cc1)NC1C2CCOC2C1(C)C.I. The van der Waals surface area contributed by atoms with E-state index in [-0.39, 0.29) is 29.4 Å². The van der Waals surface area contributed by atoms with Gasteiger partial charge in [-0.25, -0.2) is 4.68 Å². The summed E-state index contributed by atoms with van der Waals surface area (Å²) < 4.78 is 7.75. The van der Waals surface area contributed by atoms with Gasteiger partial charge in [0.1, 0.15) is 0 Å². The van der Waals surface area contributed by atoms with Crippen LogP contribution in [0.3, 0.4) is 0 Å². The summed E-state index contributed by atoms with van der Waals surface area (Å²) in [5.74, 6) is 1.49. The lowest BCUT2D eigenvalue weighted by Crippen LogP contribution is -2.68. The van der Waals surface area contributed by atoms with Crippen LogP contribution >= 0.6 is 24.0 Å². The number of benzene rings is 1. The van der Waals surface area contributed by atoms with E-state index in [2.05, 4.69) is 58.8 Å². The average molecular weight is 495 g/mol. The third-order valence-corrected chi connectivity index (χ3v) is 6.03. The first-order valence-corrected chi connectivity index (χ1v) is 9.77. The zero-order chi connectivity index (χ0) is 18.9. The molecule has 2 fully saturated rings. The average Bonchev–Trinajstić information content (AvgIpc) is 3.35. The van der Waals surface area contributed by atoms with Crippen molar-refractivity contribution >= 4 is 29.9 Å². The number of nitrogens with zero attached hydrogens (tertiary/aromatic N) is 3. The van der Waals surface area contributed by atoms with E-state index >= 15 is 0 Å². The minimum Gasteiger partial charge on any atom is -0.377 e. The van der Waals surface area contributed by atoms with Crippen molar-refractivity contribution in [2.24, 2.45) is 16.3 Å². The lowest BCUT2D eigenvalue weighted by atomic mass is 9.57. The van der Waals surface area contributed by atoms with E-state index < -0.39 is 0 Å². The van der Waals surface area contributed by atoms with Crippen LogP contribution in [0.25, 0.3) is 5.69 Å². The van der Waals surface area contributed by atoms with E-state index in [0.29, 0.717) is 18.1 Å². The molecule has 4 rings (SSSR count). The highest BCUT2D eigenvalue weighted by Gasteiger charge is 2.59. The molecule has 6 nitrogen and oxygen atoms in total. The second-order valence-electron chi connectivity index (χ2n) is 8.05. The molecule has 2 aromatic rings. The van der Waals surface area contributed by atoms with Gasteiger partial charge in [-0.3, -0.25) is 4.99 Å². The molecule has 0 amide bonds. The van der Waals surface area contributed by atoms with Crippen LogP contribution in [0.5, 0.6) is 0 Å². The third-order valence-electron chi connectivity index (χ3n) is 6.03. The number of rotatable bonds is 5. The quantitative estimate of drug-likeness (QED) is 0.381. The van der Waals surface area contributed by atoms with Gasteiger partial charge in [-0.1, -0.05) is 26.0 Å². The molecule has 1 saturated heterocycles. The second kappa shape index (κ2) is 8.82. The molecule has 1 aromatic heterocycles. The molecule has 2 N–H and O–H groups in total. The molecular formula is C21H30IN5O. The molecule has 1 aliphatic heterocycles. The summed E-state index contributed by atoms with van der Waals surface area (Å²) in [5, 5.41) is 11.3. The van der Waals surface area contributed by atoms with Crippen LogP contribution in [0, 0.1) is 11.3 Å². The van der Waals surface area contributed by atoms with Crippen LogP contribution in [0.15, 0.2) is 47.7 Å². The molecule has 28 heavy (non-hydrogen) atoms. The maximum atomic E-state index is 5.88. The van der Waals surface area contributed by atoms with Crippen molar-refractivity contribution in [3.05, 3.63) is 48.3 Å². The van der Waals surface area contributed by atoms with Gasteiger partial charge in [-0.2, -0.15) is 5.10 Å². The highest BCUT2D eigenvalue weighted by Crippen LogP contribution is 2.52. The van der Waals surface area contributed by atoms with Gasteiger partial charge in [0.15, 0.2) is 5.96 Å². The second-order valence-corrected chi connectivity index (χ2v) is 8.05. The summed E-state index contributed by atoms with van der Waals surface area (Å²) in [7, 11) is 1.84. The maximum absolute atomic E-state index is 5.88. The molecule has 0 bridgehead atoms. The Kier molecular flexibility index (Phi) is 6.65. The fourth-order valence-corrected chi connectivity index (χ4v) is 4.52. The van der Waals surface area contributed by atoms with Gasteiger partial charge >= 0.3 is 0 Å². The highest BCUT2D eigenvalue weighted by atomic mass is 127. The minimum absolute atomic E-state index is 0. The fourth-order valence-electron chi connectivity index (χ4n) is 4.52. The Bertz CT molecular complexity index is 788. The standard InChI is InChI=1S/C21H29N5O.HI/c1-21(2)18(17-10-14-27-19(17)21)25-20(22-3)23-12-9-15-5-7-16(8-6-15)26-13-4-11-24-26;/h4-8,11,13,17-19H,9-10,12,14H2,1-3H3,(H2,22,23,25);1H. The number of ether oxygens (including phenoxy) is 1. The summed E-state index contributed by atoms with van der Waals surface area (Å²) in [4.78, 5) is 4.41. The minimum atomic E-state index is 0. The van der Waals surface area contributed by atoms with Crippen LogP contribution in [0.4, 0.5) is 0 Å². The highest BCUT2D eigenvalue weighted by molar-refractivity contribution is 14.0. The van der Waals surface area contributed by atoms with Crippen LogP contribution in [-0.2, 0) is 11.2 Å². The molecule has 2 aliphatic rings. The predicted octanol–water partition coefficient (Wildman–Crippen LogP) is 3.01. The van der Waals surface area contributed by atoms with Crippen molar-refractivity contribution in [2.45, 2.75) is 38.8 Å². The van der Waals surface area contributed by atoms with Gasteiger partial charge in [0, 0.05) is 50.0 Å². The number of fused-ring (bicyclic) bond motifs is 1. The Balaban J connectivity index is 0.00000225. The Morgan fingerprint density at radius 3 is 2.79 bits per heavy atom. The molecular weight excluding hydrogens is 465 g/mol. The largest absolute Gasteiger partial charge is 0.377 e. The van der Waals surface area contributed by atoms with Gasteiger partial charge in [0.25, 0.3) is 0 Å². The topological polar surface area (TPSA) is 63.5 Å². The number of hydrogen-bond acceptors (Lipinski definition) is 3. The van der Waals surface area contributed by atoms with Crippen molar-refractivity contribution in [1.29, 1.82) is 0 Å². The molecule has 3 unspecified atom stereocenters. The van der Waals surface area contributed by atoms with E-state index in [9.17, 15) is 0 Å². The normalized spacial score (nSPS) is 25.4. The first-order chi connectivity index (χ1) is 13.1. The van der Waals surface area contributed by atoms with Crippen molar-refractivity contribution in [3.8, 4) is 5.69 Å². The number of nitrogens with one attached hydrogen (secondary N) is 2. The van der Waals surface area contributed by atoms with Crippen molar-refractivity contribution in [3.63, 3.8) is 0 Å². The molecule has 152 valence electrons. The van der Waals surface area contributed by atoms with Gasteiger partial charge in [0.2, 0.25) is 0 Å². The van der Waals surface area contributed by atoms with Crippen LogP contribution in [0.2, 0.25) is 0 Å². The molecule has 1 saturated carbocycles. The zero-order valence-corrected chi connectivity index (χ0v) is 19.1. The monoisotopic (exact) mass is 495 g/mol. The number of aromatic nitrogens is 2. The summed E-state index contributed by atoms with van der Waals surface area (Å²) >= 11 is 0. The van der Waals surface area contributed by atoms with Crippen molar-refractivity contribution in [2.75, 3.05) is 20.2 Å². The van der Waals surface area contributed by atoms with Gasteiger partial charge < -0.3 is 15.4 Å². The van der Waals surface area contributed by atoms with Crippen LogP contribution < -0.4 is 10.6 Å². The Labute approximate surface area is 184 Å². The molecule has 0 spiro atoms. The van der Waals surface area contributed by atoms with E-state index in [1.807, 2.05) is 24.0 Å². The summed E-state index contributed by atoms with van der Waals surface area (Å²) in [6.45, 7) is 6.30. The van der Waals surface area contributed by atoms with Crippen LogP contribution in [0.1, 0.15) is 25.8 Å². The van der Waals surface area contributed by atoms with E-state index in [1.54, 1.807) is 6.20 Å². The van der Waals surface area contributed by atoms with Gasteiger partial charge in [0.05, 0.1) is 11.8 Å². The van der Waals surface area contributed by atoms with Crippen LogP contribution in [-0.4, -0.2) is 48.1 Å². The lowest BCUT2D eigenvalue weighted by Gasteiger charge is -2.54. The Morgan fingerprint density at radius 1 is 1.32 bits per heavy atom. The first kappa shape index (κ1) is 21.1. The van der Waals surface area contributed by atoms with E-state index in [1.165, 1.54) is 5.56 Å². The van der Waals surface area contributed by atoms with Crippen molar-refractivity contribution < 1.29 is 4.74 Å². The van der Waals surface area contributed by atoms with Gasteiger partial charge in [-0.15, -0.1) is 24.0 Å². The first-order valence-electron chi connectivity index (χ1n) is 9.77. The number of aliphatic imine (C=N–C) groups is 1.